The van der Waals surface area contributed by atoms with Crippen molar-refractivity contribution in [2.75, 3.05) is 36.9 Å². The molecular weight excluding hydrogens is 453 g/mol. The number of nitro groups is 1. The molecule has 3 rings (SSSR count). The molecule has 1 aromatic rings. The molecule has 0 N–H and O–H groups in total. The number of anilines is 1. The Hall–Kier alpha value is -1.50. The van der Waals surface area contributed by atoms with Gasteiger partial charge in [0, 0.05) is 38.8 Å². The van der Waals surface area contributed by atoms with Gasteiger partial charge in [0.2, 0.25) is 0 Å². The Morgan fingerprint density at radius 2 is 2.03 bits per heavy atom. The molecule has 0 amide bonds. The number of terminal acetylenes is 1. The van der Waals surface area contributed by atoms with E-state index in [0.29, 0.717) is 33.0 Å². The normalized spacial score (nSPS) is 23.3. The molecule has 1 aromatic carbocycles. The molecule has 0 saturated carbocycles. The van der Waals surface area contributed by atoms with E-state index in [9.17, 15) is 14.3 Å². The summed E-state index contributed by atoms with van der Waals surface area (Å²) in [6.45, 7) is 2.46. The first-order chi connectivity index (χ1) is 13.9. The lowest BCUT2D eigenvalue weighted by Crippen LogP contribution is -2.36. The molecule has 9 heteroatoms. The van der Waals surface area contributed by atoms with Gasteiger partial charge in [0.15, 0.2) is 0 Å². The Morgan fingerprint density at radius 3 is 2.55 bits per heavy atom. The van der Waals surface area contributed by atoms with E-state index in [0.717, 1.165) is 38.8 Å². The SMILES string of the molecule is [B]CC1=S(=O)(C2CCCN(C)CCC2)c2cc([N+](=O)[O-])cc(C#C)c2N1CCBr. The average molecular weight is 478 g/mol. The van der Waals surface area contributed by atoms with E-state index in [1.54, 1.807) is 0 Å². The number of nitrogens with zero attached hydrogens (tertiary/aromatic N) is 3. The largest absolute Gasteiger partial charge is 0.336 e. The molecule has 6 nitrogen and oxygen atoms in total. The minimum Gasteiger partial charge on any atom is -0.336 e. The van der Waals surface area contributed by atoms with Gasteiger partial charge in [-0.3, -0.25) is 14.3 Å². The van der Waals surface area contributed by atoms with E-state index in [-0.39, 0.29) is 17.3 Å². The van der Waals surface area contributed by atoms with Gasteiger partial charge in [-0.05, 0) is 52.1 Å². The van der Waals surface area contributed by atoms with Crippen LogP contribution in [0.15, 0.2) is 17.0 Å². The highest BCUT2D eigenvalue weighted by Gasteiger charge is 2.40. The number of non-ortho nitro benzene ring substituents is 1. The topological polar surface area (TPSA) is 66.7 Å². The van der Waals surface area contributed by atoms with Gasteiger partial charge in [-0.25, -0.2) is 0 Å². The van der Waals surface area contributed by atoms with Gasteiger partial charge in [0.05, 0.1) is 33.9 Å². The third kappa shape index (κ3) is 3.95. The number of likely N-dealkylation sites (tertiary alicyclic amines) is 1. The number of halogens is 1. The molecule has 1 unspecified atom stereocenters. The van der Waals surface area contributed by atoms with Crippen LogP contribution in [-0.2, 0) is 9.52 Å². The second-order valence-electron chi connectivity index (χ2n) is 7.49. The first kappa shape index (κ1) is 22.2. The minimum absolute atomic E-state index is 0.0959. The van der Waals surface area contributed by atoms with Crippen molar-refractivity contribution in [1.82, 2.24) is 4.90 Å². The molecule has 2 radical (unpaired) electrons. The maximum absolute atomic E-state index is 14.7. The molecule has 2 aliphatic rings. The van der Waals surface area contributed by atoms with E-state index in [1.165, 1.54) is 12.1 Å². The Morgan fingerprint density at radius 1 is 1.38 bits per heavy atom. The summed E-state index contributed by atoms with van der Waals surface area (Å²) in [4.78, 5) is 16.5. The highest BCUT2D eigenvalue weighted by Crippen LogP contribution is 2.44. The van der Waals surface area contributed by atoms with Gasteiger partial charge in [-0.1, -0.05) is 21.9 Å². The van der Waals surface area contributed by atoms with Crippen LogP contribution in [-0.4, -0.2) is 64.1 Å². The second kappa shape index (κ2) is 9.11. The molecule has 0 bridgehead atoms. The summed E-state index contributed by atoms with van der Waals surface area (Å²) < 4.78 is 14.7. The zero-order valence-electron chi connectivity index (χ0n) is 16.6. The lowest BCUT2D eigenvalue weighted by Gasteiger charge is -2.28. The second-order valence-corrected chi connectivity index (χ2v) is 11.1. The number of benzene rings is 1. The summed E-state index contributed by atoms with van der Waals surface area (Å²) in [5.41, 5.74) is 0.936. The van der Waals surface area contributed by atoms with Crippen molar-refractivity contribution in [3.63, 3.8) is 0 Å². The number of hydrogen-bond donors (Lipinski definition) is 0. The van der Waals surface area contributed by atoms with E-state index in [1.807, 2.05) is 4.90 Å². The van der Waals surface area contributed by atoms with E-state index < -0.39 is 14.4 Å². The summed E-state index contributed by atoms with van der Waals surface area (Å²) in [6.07, 6.45) is 9.30. The van der Waals surface area contributed by atoms with Crippen LogP contribution in [0, 0.1) is 22.5 Å². The van der Waals surface area contributed by atoms with Crippen molar-refractivity contribution < 1.29 is 9.13 Å². The minimum atomic E-state index is -2.74. The van der Waals surface area contributed by atoms with Crippen LogP contribution < -0.4 is 4.90 Å². The number of alkyl halides is 1. The molecule has 1 fully saturated rings. The zero-order chi connectivity index (χ0) is 21.2. The van der Waals surface area contributed by atoms with Crippen LogP contribution >= 0.6 is 15.9 Å². The van der Waals surface area contributed by atoms with E-state index in [4.69, 9.17) is 14.3 Å². The van der Waals surface area contributed by atoms with Crippen molar-refractivity contribution in [1.29, 1.82) is 0 Å². The first-order valence-electron chi connectivity index (χ1n) is 9.78. The lowest BCUT2D eigenvalue weighted by atomic mass is 10.0. The molecule has 29 heavy (non-hydrogen) atoms. The highest BCUT2D eigenvalue weighted by molar-refractivity contribution is 9.09. The van der Waals surface area contributed by atoms with Crippen LogP contribution in [0.4, 0.5) is 11.4 Å². The third-order valence-corrected chi connectivity index (χ3v) is 9.57. The smallest absolute Gasteiger partial charge is 0.272 e. The van der Waals surface area contributed by atoms with Gasteiger partial charge in [0.1, 0.15) is 0 Å². The molecule has 2 aliphatic heterocycles. The molecule has 1 atom stereocenters. The fraction of sp³-hybridized carbons (Fsp3) is 0.550. The molecule has 1 saturated heterocycles. The predicted molar refractivity (Wildman–Crippen MR) is 124 cm³/mol. The number of rotatable bonds is 5. The van der Waals surface area contributed by atoms with Crippen molar-refractivity contribution in [2.45, 2.75) is 42.1 Å². The molecule has 2 heterocycles. The fourth-order valence-corrected chi connectivity index (χ4v) is 8.34. The maximum atomic E-state index is 14.7. The van der Waals surface area contributed by atoms with Crippen LogP contribution in [0.1, 0.15) is 31.2 Å². The molecule has 154 valence electrons. The Bertz CT molecular complexity index is 958. The zero-order valence-corrected chi connectivity index (χ0v) is 19.0. The van der Waals surface area contributed by atoms with Crippen molar-refractivity contribution >= 4 is 49.7 Å². The summed E-state index contributed by atoms with van der Waals surface area (Å²) in [7, 11) is 5.49. The van der Waals surface area contributed by atoms with Crippen molar-refractivity contribution in [3.8, 4) is 12.3 Å². The average Bonchev–Trinajstić information content (AvgIpc) is 2.92. The Kier molecular flexibility index (Phi) is 6.97. The van der Waals surface area contributed by atoms with Crippen molar-refractivity contribution in [3.05, 3.63) is 27.8 Å². The first-order valence-corrected chi connectivity index (χ1v) is 12.5. The maximum Gasteiger partial charge on any atom is 0.272 e. The third-order valence-electron chi connectivity index (χ3n) is 5.76. The fourth-order valence-electron chi connectivity index (χ4n) is 4.43. The number of fused-ring (bicyclic) bond motifs is 1. The van der Waals surface area contributed by atoms with Gasteiger partial charge in [0.25, 0.3) is 5.69 Å². The molecule has 0 aromatic heterocycles. The molecule has 0 aliphatic carbocycles. The number of hydrogen-bond acceptors (Lipinski definition) is 5. The van der Waals surface area contributed by atoms with Gasteiger partial charge in [-0.2, -0.15) is 0 Å². The van der Waals surface area contributed by atoms with Crippen LogP contribution in [0.5, 0.6) is 0 Å². The summed E-state index contributed by atoms with van der Waals surface area (Å²) in [6, 6.07) is 2.86. The Balaban J connectivity index is 2.25. The summed E-state index contributed by atoms with van der Waals surface area (Å²) in [5.74, 6) is 2.58. The standard InChI is InChI=1S/C20H25BBrN3O3S/c1-3-15-12-16(25(26)27)13-18-20(15)24(11-8-22)19(14-21)29(18,28)17-6-4-9-23(2)10-5-7-17/h1,12-13,17H,4-11,14H2,2H3. The molecule has 0 spiro atoms. The van der Waals surface area contributed by atoms with Gasteiger partial charge in [-0.15, -0.1) is 6.42 Å². The van der Waals surface area contributed by atoms with Crippen molar-refractivity contribution in [2.24, 2.45) is 0 Å². The van der Waals surface area contributed by atoms with Crippen LogP contribution in [0.25, 0.3) is 0 Å². The van der Waals surface area contributed by atoms with E-state index >= 15 is 0 Å². The summed E-state index contributed by atoms with van der Waals surface area (Å²) >= 11 is 3.46. The predicted octanol–water partition coefficient (Wildman–Crippen LogP) is 3.03. The van der Waals surface area contributed by atoms with E-state index in [2.05, 4.69) is 33.8 Å². The number of nitro benzene ring substituents is 1. The van der Waals surface area contributed by atoms with Crippen LogP contribution in [0.2, 0.25) is 6.32 Å². The highest BCUT2D eigenvalue weighted by atomic mass is 79.9. The molecular formula is C20H25BBrN3O3S. The van der Waals surface area contributed by atoms with Crippen LogP contribution in [0.3, 0.4) is 0 Å². The quantitative estimate of drug-likeness (QED) is 0.163. The van der Waals surface area contributed by atoms with Gasteiger partial charge >= 0.3 is 0 Å². The summed E-state index contributed by atoms with van der Waals surface area (Å²) in [5, 5.41) is 12.1. The van der Waals surface area contributed by atoms with Gasteiger partial charge < -0.3 is 9.80 Å². The Labute approximate surface area is 182 Å². The monoisotopic (exact) mass is 477 g/mol. The lowest BCUT2D eigenvalue weighted by molar-refractivity contribution is -0.385.